The van der Waals surface area contributed by atoms with Crippen molar-refractivity contribution in [2.75, 3.05) is 0 Å². The van der Waals surface area contributed by atoms with Crippen LogP contribution in [0.2, 0.25) is 0 Å². The van der Waals surface area contributed by atoms with Gasteiger partial charge in [0, 0.05) is 23.2 Å². The van der Waals surface area contributed by atoms with Gasteiger partial charge in [0.05, 0.1) is 6.10 Å². The highest BCUT2D eigenvalue weighted by molar-refractivity contribution is 7.10. The van der Waals surface area contributed by atoms with Gasteiger partial charge < -0.3 is 15.0 Å². The molecule has 114 valence electrons. The van der Waals surface area contributed by atoms with Crippen molar-refractivity contribution >= 4 is 17.2 Å². The fraction of sp³-hybridized carbons (Fsp3) is 0.438. The molecule has 0 saturated carbocycles. The fourth-order valence-corrected chi connectivity index (χ4v) is 3.05. The molecule has 0 aromatic carbocycles. The highest BCUT2D eigenvalue weighted by atomic mass is 32.1. The number of carbonyl (C=O) groups excluding carboxylic acids is 1. The van der Waals surface area contributed by atoms with Crippen LogP contribution in [0.3, 0.4) is 0 Å². The van der Waals surface area contributed by atoms with Crippen molar-refractivity contribution in [1.82, 2.24) is 9.88 Å². The first-order chi connectivity index (χ1) is 9.99. The quantitative estimate of drug-likeness (QED) is 0.859. The molecule has 0 bridgehead atoms. The van der Waals surface area contributed by atoms with E-state index < -0.39 is 6.10 Å². The van der Waals surface area contributed by atoms with Crippen LogP contribution in [-0.2, 0) is 0 Å². The van der Waals surface area contributed by atoms with E-state index >= 15 is 0 Å². The van der Waals surface area contributed by atoms with Gasteiger partial charge in [0.25, 0.3) is 5.91 Å². The lowest BCUT2D eigenvalue weighted by atomic mass is 10.1. The van der Waals surface area contributed by atoms with Gasteiger partial charge in [-0.1, -0.05) is 6.07 Å². The first kappa shape index (κ1) is 15.8. The highest BCUT2D eigenvalue weighted by Crippen LogP contribution is 2.23. The van der Waals surface area contributed by atoms with Crippen molar-refractivity contribution in [3.05, 3.63) is 46.4 Å². The molecule has 0 radical (unpaired) electrons. The van der Waals surface area contributed by atoms with E-state index in [0.29, 0.717) is 12.1 Å². The summed E-state index contributed by atoms with van der Waals surface area (Å²) in [5, 5.41) is 15.0. The van der Waals surface area contributed by atoms with Crippen LogP contribution in [-0.4, -0.2) is 21.6 Å². The van der Waals surface area contributed by atoms with Crippen LogP contribution in [0.1, 0.15) is 54.7 Å². The average molecular weight is 306 g/mol. The molecular formula is C16H22N2O2S. The van der Waals surface area contributed by atoms with Crippen LogP contribution in [0.5, 0.6) is 0 Å². The minimum absolute atomic E-state index is 0.0925. The molecule has 1 amide bonds. The Morgan fingerprint density at radius 1 is 1.33 bits per heavy atom. The number of thiophene rings is 1. The third-order valence-corrected chi connectivity index (χ3v) is 4.37. The maximum atomic E-state index is 12.3. The molecule has 0 fully saturated rings. The van der Waals surface area contributed by atoms with Crippen molar-refractivity contribution in [3.8, 4) is 0 Å². The minimum Gasteiger partial charge on any atom is -0.387 e. The topological polar surface area (TPSA) is 54.3 Å². The van der Waals surface area contributed by atoms with Crippen LogP contribution >= 0.6 is 11.3 Å². The number of nitrogens with one attached hydrogen (secondary N) is 1. The molecule has 4 nitrogen and oxygen atoms in total. The zero-order valence-corrected chi connectivity index (χ0v) is 13.4. The Balaban J connectivity index is 1.94. The van der Waals surface area contributed by atoms with E-state index in [0.717, 1.165) is 4.88 Å². The number of aromatic nitrogens is 1. The first-order valence-corrected chi connectivity index (χ1v) is 8.06. The van der Waals surface area contributed by atoms with Crippen LogP contribution in [0.4, 0.5) is 0 Å². The summed E-state index contributed by atoms with van der Waals surface area (Å²) in [5.74, 6) is -0.0976. The minimum atomic E-state index is -0.530. The lowest BCUT2D eigenvalue weighted by molar-refractivity contribution is 0.0907. The predicted octanol–water partition coefficient (Wildman–Crippen LogP) is 3.37. The summed E-state index contributed by atoms with van der Waals surface area (Å²) in [6.07, 6.45) is 1.89. The molecule has 2 aromatic rings. The third kappa shape index (κ3) is 3.95. The summed E-state index contributed by atoms with van der Waals surface area (Å²) in [6.45, 7) is 6.00. The second-order valence-electron chi connectivity index (χ2n) is 5.54. The van der Waals surface area contributed by atoms with Crippen LogP contribution in [0.25, 0.3) is 0 Å². The van der Waals surface area contributed by atoms with E-state index in [4.69, 9.17) is 0 Å². The molecular weight excluding hydrogens is 284 g/mol. The van der Waals surface area contributed by atoms with Gasteiger partial charge in [-0.2, -0.15) is 0 Å². The van der Waals surface area contributed by atoms with Crippen LogP contribution < -0.4 is 5.32 Å². The zero-order valence-electron chi connectivity index (χ0n) is 12.6. The Morgan fingerprint density at radius 3 is 2.71 bits per heavy atom. The second kappa shape index (κ2) is 6.91. The number of amides is 1. The Morgan fingerprint density at radius 2 is 2.10 bits per heavy atom. The Kier molecular flexibility index (Phi) is 5.20. The third-order valence-electron chi connectivity index (χ3n) is 3.39. The van der Waals surface area contributed by atoms with Gasteiger partial charge in [-0.3, -0.25) is 4.79 Å². The Bertz CT molecular complexity index is 575. The summed E-state index contributed by atoms with van der Waals surface area (Å²) in [6, 6.07) is 7.67. The molecule has 2 heterocycles. The molecule has 0 aliphatic rings. The van der Waals surface area contributed by atoms with Gasteiger partial charge in [-0.25, -0.2) is 0 Å². The Labute approximate surface area is 129 Å². The second-order valence-corrected chi connectivity index (χ2v) is 6.52. The van der Waals surface area contributed by atoms with Gasteiger partial charge >= 0.3 is 0 Å². The fourth-order valence-electron chi connectivity index (χ4n) is 2.33. The summed E-state index contributed by atoms with van der Waals surface area (Å²) in [5.41, 5.74) is 0.655. The Hall–Kier alpha value is -1.59. The van der Waals surface area contributed by atoms with Crippen molar-refractivity contribution in [2.45, 2.75) is 45.4 Å². The molecule has 2 unspecified atom stereocenters. The number of nitrogens with zero attached hydrogens (tertiary/aromatic N) is 1. The number of rotatable bonds is 6. The zero-order chi connectivity index (χ0) is 15.4. The molecule has 0 saturated heterocycles. The molecule has 2 aromatic heterocycles. The monoisotopic (exact) mass is 306 g/mol. The number of carbonyl (C=O) groups is 1. The summed E-state index contributed by atoms with van der Waals surface area (Å²) in [7, 11) is 0. The molecule has 2 N–H and O–H groups in total. The number of hydrogen-bond donors (Lipinski definition) is 2. The summed E-state index contributed by atoms with van der Waals surface area (Å²) < 4.78 is 1.94. The smallest absolute Gasteiger partial charge is 0.268 e. The molecule has 0 spiro atoms. The number of aliphatic hydroxyl groups excluding tert-OH is 1. The maximum Gasteiger partial charge on any atom is 0.268 e. The van der Waals surface area contributed by atoms with Crippen molar-refractivity contribution in [1.29, 1.82) is 0 Å². The number of aliphatic hydroxyl groups is 1. The average Bonchev–Trinajstić information content (AvgIpc) is 3.10. The van der Waals surface area contributed by atoms with E-state index in [-0.39, 0.29) is 18.0 Å². The first-order valence-electron chi connectivity index (χ1n) is 7.18. The van der Waals surface area contributed by atoms with E-state index in [1.165, 1.54) is 11.3 Å². The molecule has 0 aliphatic heterocycles. The maximum absolute atomic E-state index is 12.3. The lowest BCUT2D eigenvalue weighted by Gasteiger charge is -2.19. The largest absolute Gasteiger partial charge is 0.387 e. The van der Waals surface area contributed by atoms with Gasteiger partial charge in [-0.05, 0) is 50.8 Å². The van der Waals surface area contributed by atoms with E-state index in [1.54, 1.807) is 0 Å². The number of hydrogen-bond acceptors (Lipinski definition) is 3. The normalized spacial score (nSPS) is 14.1. The lowest BCUT2D eigenvalue weighted by Crippen LogP contribution is -2.35. The summed E-state index contributed by atoms with van der Waals surface area (Å²) in [4.78, 5) is 13.2. The van der Waals surface area contributed by atoms with E-state index in [2.05, 4.69) is 5.32 Å². The molecule has 2 atom stereocenters. The SMILES string of the molecule is CC(CC(O)c1cccs1)NC(=O)c1cccn1C(C)C. The van der Waals surface area contributed by atoms with Crippen molar-refractivity contribution < 1.29 is 9.90 Å². The van der Waals surface area contributed by atoms with E-state index in [1.807, 2.05) is 61.2 Å². The van der Waals surface area contributed by atoms with Gasteiger partial charge in [-0.15, -0.1) is 11.3 Å². The molecule has 0 aliphatic carbocycles. The van der Waals surface area contributed by atoms with Crippen molar-refractivity contribution in [3.63, 3.8) is 0 Å². The van der Waals surface area contributed by atoms with Crippen LogP contribution in [0.15, 0.2) is 35.8 Å². The molecule has 21 heavy (non-hydrogen) atoms. The standard InChI is InChI=1S/C16H22N2O2S/c1-11(2)18-8-4-6-13(18)16(20)17-12(3)10-14(19)15-7-5-9-21-15/h4-9,11-12,14,19H,10H2,1-3H3,(H,17,20). The summed E-state index contributed by atoms with van der Waals surface area (Å²) >= 11 is 1.53. The predicted molar refractivity (Wildman–Crippen MR) is 85.6 cm³/mol. The van der Waals surface area contributed by atoms with Gasteiger partial charge in [0.2, 0.25) is 0 Å². The van der Waals surface area contributed by atoms with Gasteiger partial charge in [0.15, 0.2) is 0 Å². The molecule has 2 rings (SSSR count). The van der Waals surface area contributed by atoms with Crippen LogP contribution in [0, 0.1) is 0 Å². The highest BCUT2D eigenvalue weighted by Gasteiger charge is 2.18. The van der Waals surface area contributed by atoms with Gasteiger partial charge in [0.1, 0.15) is 5.69 Å². The van der Waals surface area contributed by atoms with Crippen molar-refractivity contribution in [2.24, 2.45) is 0 Å². The molecule has 5 heteroatoms. The van der Waals surface area contributed by atoms with E-state index in [9.17, 15) is 9.90 Å².